The molecule has 8 nitrogen and oxygen atoms in total. The summed E-state index contributed by atoms with van der Waals surface area (Å²) in [5, 5.41) is 15.9. The molecule has 0 unspecified atom stereocenters. The molecular weight excluding hydrogens is 262 g/mol. The van der Waals surface area contributed by atoms with Gasteiger partial charge in [0, 0.05) is 6.54 Å². The zero-order chi connectivity index (χ0) is 14.5. The van der Waals surface area contributed by atoms with Crippen molar-refractivity contribution in [1.82, 2.24) is 24.6 Å². The van der Waals surface area contributed by atoms with Crippen molar-refractivity contribution in [3.63, 3.8) is 0 Å². The van der Waals surface area contributed by atoms with Gasteiger partial charge in [-0.2, -0.15) is 5.10 Å². The van der Waals surface area contributed by atoms with E-state index < -0.39 is 0 Å². The summed E-state index contributed by atoms with van der Waals surface area (Å²) < 4.78 is 2.70. The van der Waals surface area contributed by atoms with Crippen molar-refractivity contribution in [1.29, 1.82) is 0 Å². The van der Waals surface area contributed by atoms with E-state index in [4.69, 9.17) is 5.11 Å². The molecule has 2 aromatic rings. The van der Waals surface area contributed by atoms with Gasteiger partial charge in [0.05, 0.1) is 19.3 Å². The summed E-state index contributed by atoms with van der Waals surface area (Å²) in [6.07, 6.45) is 3.57. The van der Waals surface area contributed by atoms with Crippen molar-refractivity contribution in [3.05, 3.63) is 22.9 Å². The Morgan fingerprint density at radius 3 is 3.00 bits per heavy atom. The van der Waals surface area contributed by atoms with Crippen molar-refractivity contribution in [2.45, 2.75) is 26.4 Å². The Labute approximate surface area is 115 Å². The molecular formula is C12H17N5O3. The van der Waals surface area contributed by atoms with Crippen molar-refractivity contribution in [2.24, 2.45) is 0 Å². The summed E-state index contributed by atoms with van der Waals surface area (Å²) >= 11 is 0. The minimum absolute atomic E-state index is 0.0625. The highest BCUT2D eigenvalue weighted by atomic mass is 16.3. The SMILES string of the molecule is CCCNC(=O)Cn1cnc2c(cnn2CCO)c1=O. The number of hydrogen-bond acceptors (Lipinski definition) is 5. The standard InChI is InChI=1S/C12H17N5O3/c1-2-3-13-10(19)7-16-8-14-11-9(12(16)20)6-15-17(11)4-5-18/h6,8,18H,2-5,7H2,1H3,(H,13,19). The van der Waals surface area contributed by atoms with E-state index in [1.54, 1.807) is 0 Å². The minimum Gasteiger partial charge on any atom is -0.394 e. The van der Waals surface area contributed by atoms with Gasteiger partial charge in [0.2, 0.25) is 5.91 Å². The van der Waals surface area contributed by atoms with E-state index in [1.807, 2.05) is 6.92 Å². The molecule has 0 bridgehead atoms. The van der Waals surface area contributed by atoms with Crippen molar-refractivity contribution in [3.8, 4) is 0 Å². The maximum atomic E-state index is 12.2. The van der Waals surface area contributed by atoms with Crippen LogP contribution in [-0.4, -0.2) is 43.5 Å². The highest BCUT2D eigenvalue weighted by Gasteiger charge is 2.11. The van der Waals surface area contributed by atoms with Crippen LogP contribution in [0, 0.1) is 0 Å². The largest absolute Gasteiger partial charge is 0.394 e. The zero-order valence-electron chi connectivity index (χ0n) is 11.2. The number of carbonyl (C=O) groups is 1. The van der Waals surface area contributed by atoms with Gasteiger partial charge in [0.25, 0.3) is 5.56 Å². The van der Waals surface area contributed by atoms with E-state index in [-0.39, 0.29) is 31.2 Å². The molecule has 0 saturated heterocycles. The van der Waals surface area contributed by atoms with Gasteiger partial charge in [-0.3, -0.25) is 14.2 Å². The maximum absolute atomic E-state index is 12.2. The quantitative estimate of drug-likeness (QED) is 0.714. The van der Waals surface area contributed by atoms with Gasteiger partial charge in [-0.25, -0.2) is 9.67 Å². The first-order chi connectivity index (χ1) is 9.67. The predicted octanol–water partition coefficient (Wildman–Crippen LogP) is -0.888. The molecule has 8 heteroatoms. The number of carbonyl (C=O) groups excluding carboxylic acids is 1. The second-order valence-electron chi connectivity index (χ2n) is 4.36. The van der Waals surface area contributed by atoms with Crippen molar-refractivity contribution >= 4 is 16.9 Å². The number of aromatic nitrogens is 4. The molecule has 2 heterocycles. The Bertz CT molecular complexity index is 661. The van der Waals surface area contributed by atoms with Crippen LogP contribution in [0.4, 0.5) is 0 Å². The summed E-state index contributed by atoms with van der Waals surface area (Å²) in [6.45, 7) is 2.66. The number of aliphatic hydroxyl groups excluding tert-OH is 1. The van der Waals surface area contributed by atoms with Crippen LogP contribution in [-0.2, 0) is 17.9 Å². The fourth-order valence-corrected chi connectivity index (χ4v) is 1.84. The number of fused-ring (bicyclic) bond motifs is 1. The van der Waals surface area contributed by atoms with Crippen LogP contribution in [0.5, 0.6) is 0 Å². The van der Waals surface area contributed by atoms with E-state index in [0.29, 0.717) is 17.6 Å². The fraction of sp³-hybridized carbons (Fsp3) is 0.500. The Balaban J connectivity index is 2.26. The highest BCUT2D eigenvalue weighted by molar-refractivity contribution is 5.77. The highest BCUT2D eigenvalue weighted by Crippen LogP contribution is 2.04. The molecule has 0 aliphatic heterocycles. The zero-order valence-corrected chi connectivity index (χ0v) is 11.2. The molecule has 0 fully saturated rings. The molecule has 20 heavy (non-hydrogen) atoms. The molecule has 0 aromatic carbocycles. The van der Waals surface area contributed by atoms with E-state index in [1.165, 1.54) is 21.8 Å². The lowest BCUT2D eigenvalue weighted by molar-refractivity contribution is -0.121. The van der Waals surface area contributed by atoms with E-state index in [0.717, 1.165) is 6.42 Å². The van der Waals surface area contributed by atoms with Gasteiger partial charge in [-0.1, -0.05) is 6.92 Å². The van der Waals surface area contributed by atoms with E-state index in [2.05, 4.69) is 15.4 Å². The maximum Gasteiger partial charge on any atom is 0.264 e. The van der Waals surface area contributed by atoms with Crippen LogP contribution in [0.25, 0.3) is 11.0 Å². The normalized spacial score (nSPS) is 10.9. The molecule has 0 saturated carbocycles. The fourth-order valence-electron chi connectivity index (χ4n) is 1.84. The average Bonchev–Trinajstić information content (AvgIpc) is 2.84. The number of rotatable bonds is 6. The summed E-state index contributed by atoms with van der Waals surface area (Å²) in [5.74, 6) is -0.224. The smallest absolute Gasteiger partial charge is 0.264 e. The van der Waals surface area contributed by atoms with Crippen LogP contribution >= 0.6 is 0 Å². The monoisotopic (exact) mass is 279 g/mol. The van der Waals surface area contributed by atoms with Crippen LogP contribution in [0.1, 0.15) is 13.3 Å². The van der Waals surface area contributed by atoms with Gasteiger partial charge in [-0.15, -0.1) is 0 Å². The topological polar surface area (TPSA) is 102 Å². The van der Waals surface area contributed by atoms with Gasteiger partial charge in [0.15, 0.2) is 5.65 Å². The third kappa shape index (κ3) is 2.85. The molecule has 0 aliphatic rings. The van der Waals surface area contributed by atoms with Gasteiger partial charge < -0.3 is 10.4 Å². The molecule has 108 valence electrons. The second kappa shape index (κ2) is 6.29. The molecule has 0 atom stereocenters. The first kappa shape index (κ1) is 14.2. The molecule has 1 amide bonds. The number of hydrogen-bond donors (Lipinski definition) is 2. The average molecular weight is 279 g/mol. The summed E-state index contributed by atoms with van der Waals surface area (Å²) in [5.41, 5.74) is 0.0973. The Kier molecular flexibility index (Phi) is 4.46. The van der Waals surface area contributed by atoms with Gasteiger partial charge in [0.1, 0.15) is 18.3 Å². The molecule has 2 N–H and O–H groups in total. The van der Waals surface area contributed by atoms with E-state index >= 15 is 0 Å². The third-order valence-electron chi connectivity index (χ3n) is 2.82. The Morgan fingerprint density at radius 2 is 2.30 bits per heavy atom. The summed E-state index contributed by atoms with van der Waals surface area (Å²) in [6, 6.07) is 0. The minimum atomic E-state index is -0.314. The van der Waals surface area contributed by atoms with Crippen molar-refractivity contribution < 1.29 is 9.90 Å². The first-order valence-corrected chi connectivity index (χ1v) is 6.46. The number of nitrogens with zero attached hydrogens (tertiary/aromatic N) is 4. The third-order valence-corrected chi connectivity index (χ3v) is 2.82. The summed E-state index contributed by atoms with van der Waals surface area (Å²) in [4.78, 5) is 27.9. The van der Waals surface area contributed by atoms with Crippen LogP contribution < -0.4 is 10.9 Å². The lowest BCUT2D eigenvalue weighted by atomic mass is 10.4. The molecule has 0 radical (unpaired) electrons. The number of nitrogens with one attached hydrogen (secondary N) is 1. The Morgan fingerprint density at radius 1 is 1.50 bits per heavy atom. The van der Waals surface area contributed by atoms with E-state index in [9.17, 15) is 9.59 Å². The lowest BCUT2D eigenvalue weighted by Gasteiger charge is -2.06. The van der Waals surface area contributed by atoms with Gasteiger partial charge >= 0.3 is 0 Å². The number of aliphatic hydroxyl groups is 1. The molecule has 0 aliphatic carbocycles. The van der Waals surface area contributed by atoms with Crippen LogP contribution in [0.3, 0.4) is 0 Å². The molecule has 2 aromatic heterocycles. The lowest BCUT2D eigenvalue weighted by Crippen LogP contribution is -2.32. The first-order valence-electron chi connectivity index (χ1n) is 6.46. The second-order valence-corrected chi connectivity index (χ2v) is 4.36. The van der Waals surface area contributed by atoms with Gasteiger partial charge in [-0.05, 0) is 6.42 Å². The molecule has 0 spiro atoms. The van der Waals surface area contributed by atoms with Crippen molar-refractivity contribution in [2.75, 3.05) is 13.2 Å². The summed E-state index contributed by atoms with van der Waals surface area (Å²) in [7, 11) is 0. The number of amides is 1. The van der Waals surface area contributed by atoms with Crippen LogP contribution in [0.15, 0.2) is 17.3 Å². The Hall–Kier alpha value is -2.22. The molecule has 2 rings (SSSR count). The van der Waals surface area contributed by atoms with Crippen LogP contribution in [0.2, 0.25) is 0 Å². The predicted molar refractivity (Wildman–Crippen MR) is 72.2 cm³/mol.